The Hall–Kier alpha value is -1.56. The zero-order valence-electron chi connectivity index (χ0n) is 9.81. The summed E-state index contributed by atoms with van der Waals surface area (Å²) in [5.41, 5.74) is 0.483. The molecule has 2 heteroatoms. The van der Waals surface area contributed by atoms with Crippen molar-refractivity contribution in [3.8, 4) is 12.3 Å². The smallest absolute Gasteiger partial charge is 0.125 e. The van der Waals surface area contributed by atoms with Gasteiger partial charge in [0.1, 0.15) is 5.60 Å². The van der Waals surface area contributed by atoms with Crippen molar-refractivity contribution in [2.45, 2.75) is 12.0 Å². The van der Waals surface area contributed by atoms with Crippen molar-refractivity contribution in [2.24, 2.45) is 0 Å². The van der Waals surface area contributed by atoms with Gasteiger partial charge < -0.3 is 5.11 Å². The number of hydrogen-bond acceptors (Lipinski definition) is 1. The highest BCUT2D eigenvalue weighted by atomic mass is 79.9. The second kappa shape index (κ2) is 5.39. The molecule has 0 fully saturated rings. The summed E-state index contributed by atoms with van der Waals surface area (Å²) in [7, 11) is 0. The monoisotopic (exact) mass is 300 g/mol. The van der Waals surface area contributed by atoms with Crippen LogP contribution in [-0.4, -0.2) is 5.11 Å². The number of terminal acetylenes is 1. The van der Waals surface area contributed by atoms with E-state index in [4.69, 9.17) is 6.42 Å². The maximum Gasteiger partial charge on any atom is 0.125 e. The van der Waals surface area contributed by atoms with Gasteiger partial charge >= 0.3 is 0 Å². The molecule has 2 rings (SSSR count). The molecule has 0 radical (unpaired) electrons. The Balaban J connectivity index is 2.51. The van der Waals surface area contributed by atoms with E-state index in [-0.39, 0.29) is 6.42 Å². The van der Waals surface area contributed by atoms with Crippen LogP contribution in [0.15, 0.2) is 59.1 Å². The van der Waals surface area contributed by atoms with Crippen molar-refractivity contribution in [1.82, 2.24) is 0 Å². The van der Waals surface area contributed by atoms with Gasteiger partial charge in [0.2, 0.25) is 0 Å². The highest BCUT2D eigenvalue weighted by molar-refractivity contribution is 9.10. The zero-order valence-corrected chi connectivity index (χ0v) is 11.4. The van der Waals surface area contributed by atoms with Crippen LogP contribution in [0.1, 0.15) is 17.5 Å². The van der Waals surface area contributed by atoms with Gasteiger partial charge in [-0.1, -0.05) is 58.4 Å². The van der Waals surface area contributed by atoms with Gasteiger partial charge in [-0.05, 0) is 23.3 Å². The fourth-order valence-electron chi connectivity index (χ4n) is 1.96. The van der Waals surface area contributed by atoms with Gasteiger partial charge in [0, 0.05) is 10.9 Å². The molecular weight excluding hydrogens is 288 g/mol. The molecule has 1 atom stereocenters. The van der Waals surface area contributed by atoms with E-state index in [0.29, 0.717) is 0 Å². The van der Waals surface area contributed by atoms with E-state index in [1.54, 1.807) is 0 Å². The first-order valence-electron chi connectivity index (χ1n) is 5.64. The Morgan fingerprint density at radius 1 is 1.00 bits per heavy atom. The molecule has 0 aliphatic heterocycles. The summed E-state index contributed by atoms with van der Waals surface area (Å²) in [6.45, 7) is 0. The normalized spacial score (nSPS) is 13.6. The predicted octanol–water partition coefficient (Wildman–Crippen LogP) is 3.71. The quantitative estimate of drug-likeness (QED) is 0.857. The Kier molecular flexibility index (Phi) is 3.86. The predicted molar refractivity (Wildman–Crippen MR) is 77.0 cm³/mol. The molecule has 0 saturated carbocycles. The van der Waals surface area contributed by atoms with Crippen molar-refractivity contribution >= 4 is 15.9 Å². The minimum atomic E-state index is -1.13. The van der Waals surface area contributed by atoms with Crippen LogP contribution in [0, 0.1) is 12.3 Å². The zero-order chi connectivity index (χ0) is 13.0. The fraction of sp³-hybridized carbons (Fsp3) is 0.125. The van der Waals surface area contributed by atoms with Crippen LogP contribution >= 0.6 is 15.9 Å². The largest absolute Gasteiger partial charge is 0.379 e. The van der Waals surface area contributed by atoms with Crippen molar-refractivity contribution in [3.05, 3.63) is 70.2 Å². The molecule has 0 bridgehead atoms. The number of benzene rings is 2. The molecule has 0 aliphatic carbocycles. The number of aliphatic hydroxyl groups is 1. The molecule has 1 unspecified atom stereocenters. The van der Waals surface area contributed by atoms with Crippen LogP contribution in [0.5, 0.6) is 0 Å². The molecule has 2 aromatic carbocycles. The van der Waals surface area contributed by atoms with Gasteiger partial charge in [-0.2, -0.15) is 0 Å². The molecule has 18 heavy (non-hydrogen) atoms. The Morgan fingerprint density at radius 3 is 2.11 bits per heavy atom. The maximum absolute atomic E-state index is 10.9. The Labute approximate surface area is 116 Å². The van der Waals surface area contributed by atoms with E-state index < -0.39 is 5.60 Å². The highest BCUT2D eigenvalue weighted by Crippen LogP contribution is 2.33. The molecule has 0 aliphatic rings. The third-order valence-electron chi connectivity index (χ3n) is 2.93. The van der Waals surface area contributed by atoms with Gasteiger partial charge in [-0.3, -0.25) is 0 Å². The van der Waals surface area contributed by atoms with Crippen LogP contribution < -0.4 is 0 Å². The molecule has 1 N–H and O–H groups in total. The molecule has 0 amide bonds. The molecule has 0 aromatic heterocycles. The van der Waals surface area contributed by atoms with Crippen molar-refractivity contribution in [1.29, 1.82) is 0 Å². The van der Waals surface area contributed by atoms with E-state index in [1.807, 2.05) is 54.6 Å². The first-order chi connectivity index (χ1) is 8.66. The van der Waals surface area contributed by atoms with Gasteiger partial charge in [-0.25, -0.2) is 0 Å². The molecule has 0 heterocycles. The summed E-state index contributed by atoms with van der Waals surface area (Å²) < 4.78 is 0.974. The second-order valence-electron chi connectivity index (χ2n) is 4.11. The third kappa shape index (κ3) is 2.48. The SMILES string of the molecule is C#CCC(O)(c1ccccc1)c1ccc(Br)cc1. The van der Waals surface area contributed by atoms with Crippen LogP contribution in [0.3, 0.4) is 0 Å². The van der Waals surface area contributed by atoms with E-state index in [1.165, 1.54) is 0 Å². The van der Waals surface area contributed by atoms with Gasteiger partial charge in [0.15, 0.2) is 0 Å². The Bertz CT molecular complexity index is 554. The van der Waals surface area contributed by atoms with Crippen molar-refractivity contribution < 1.29 is 5.11 Å². The standard InChI is InChI=1S/C16H13BrO/c1-2-12-16(18,13-6-4-3-5-7-13)14-8-10-15(17)11-9-14/h1,3-11,18H,12H2. The average Bonchev–Trinajstić information content (AvgIpc) is 2.40. The summed E-state index contributed by atoms with van der Waals surface area (Å²) in [4.78, 5) is 0. The van der Waals surface area contributed by atoms with Crippen LogP contribution in [0.25, 0.3) is 0 Å². The molecule has 0 spiro atoms. The Morgan fingerprint density at radius 2 is 1.56 bits per heavy atom. The first kappa shape index (κ1) is 12.9. The highest BCUT2D eigenvalue weighted by Gasteiger charge is 2.30. The summed E-state index contributed by atoms with van der Waals surface area (Å²) >= 11 is 3.39. The fourth-order valence-corrected chi connectivity index (χ4v) is 2.22. The van der Waals surface area contributed by atoms with Crippen molar-refractivity contribution in [3.63, 3.8) is 0 Å². The lowest BCUT2D eigenvalue weighted by atomic mass is 9.84. The maximum atomic E-state index is 10.9. The van der Waals surface area contributed by atoms with E-state index in [0.717, 1.165) is 15.6 Å². The molecular formula is C16H13BrO. The summed E-state index contributed by atoms with van der Waals surface area (Å²) in [5.74, 6) is 2.56. The van der Waals surface area contributed by atoms with Crippen LogP contribution in [0.2, 0.25) is 0 Å². The topological polar surface area (TPSA) is 20.2 Å². The number of rotatable bonds is 3. The first-order valence-corrected chi connectivity index (χ1v) is 6.43. The third-order valence-corrected chi connectivity index (χ3v) is 3.46. The van der Waals surface area contributed by atoms with E-state index in [2.05, 4.69) is 21.9 Å². The molecule has 2 aromatic rings. The summed E-state index contributed by atoms with van der Waals surface area (Å²) in [5, 5.41) is 10.9. The lowest BCUT2D eigenvalue weighted by molar-refractivity contribution is 0.0865. The lowest BCUT2D eigenvalue weighted by Crippen LogP contribution is -2.26. The summed E-state index contributed by atoms with van der Waals surface area (Å²) in [6, 6.07) is 17.1. The van der Waals surface area contributed by atoms with E-state index >= 15 is 0 Å². The minimum absolute atomic E-state index is 0.249. The second-order valence-corrected chi connectivity index (χ2v) is 5.03. The molecule has 0 saturated heterocycles. The number of halogens is 1. The molecule has 90 valence electrons. The van der Waals surface area contributed by atoms with Gasteiger partial charge in [-0.15, -0.1) is 12.3 Å². The number of hydrogen-bond donors (Lipinski definition) is 1. The van der Waals surface area contributed by atoms with Gasteiger partial charge in [0.25, 0.3) is 0 Å². The van der Waals surface area contributed by atoms with Crippen LogP contribution in [-0.2, 0) is 5.60 Å². The van der Waals surface area contributed by atoms with Crippen molar-refractivity contribution in [2.75, 3.05) is 0 Å². The lowest BCUT2D eigenvalue weighted by Gasteiger charge is -2.27. The molecule has 1 nitrogen and oxygen atoms in total. The van der Waals surface area contributed by atoms with Gasteiger partial charge in [0.05, 0.1) is 0 Å². The minimum Gasteiger partial charge on any atom is -0.379 e. The average molecular weight is 301 g/mol. The van der Waals surface area contributed by atoms with E-state index in [9.17, 15) is 5.11 Å². The van der Waals surface area contributed by atoms with Crippen LogP contribution in [0.4, 0.5) is 0 Å². The summed E-state index contributed by atoms with van der Waals surface area (Å²) in [6.07, 6.45) is 5.65.